The average molecular weight is 180 g/mol. The lowest BCUT2D eigenvalue weighted by atomic mass is 9.87. The van der Waals surface area contributed by atoms with Crippen LogP contribution in [0, 0.1) is 5.92 Å². The highest BCUT2D eigenvalue weighted by molar-refractivity contribution is 5.02. The molecule has 0 radical (unpaired) electrons. The van der Waals surface area contributed by atoms with Gasteiger partial charge in [0.05, 0.1) is 12.5 Å². The Labute approximate surface area is 78.4 Å². The first kappa shape index (κ1) is 8.60. The van der Waals surface area contributed by atoms with E-state index < -0.39 is 0 Å². The number of hydrogen-bond donors (Lipinski definition) is 1. The third-order valence-corrected chi connectivity index (χ3v) is 2.99. The van der Waals surface area contributed by atoms with Gasteiger partial charge in [-0.05, 0) is 31.6 Å². The lowest BCUT2D eigenvalue weighted by molar-refractivity contribution is 0.289. The zero-order valence-electron chi connectivity index (χ0n) is 7.98. The monoisotopic (exact) mass is 180 g/mol. The van der Waals surface area contributed by atoms with Crippen molar-refractivity contribution in [2.24, 2.45) is 5.92 Å². The Hall–Kier alpha value is -0.990. The van der Waals surface area contributed by atoms with Crippen molar-refractivity contribution in [1.82, 2.24) is 9.55 Å². The molecule has 72 valence electrons. The lowest BCUT2D eigenvalue weighted by Crippen LogP contribution is -2.15. The second kappa shape index (κ2) is 3.40. The maximum atomic E-state index is 9.10. The number of rotatable bonds is 1. The van der Waals surface area contributed by atoms with Gasteiger partial charge in [-0.15, -0.1) is 0 Å². The summed E-state index contributed by atoms with van der Waals surface area (Å²) in [5, 5.41) is 9.10. The van der Waals surface area contributed by atoms with Gasteiger partial charge in [0, 0.05) is 6.04 Å². The molecule has 0 saturated heterocycles. The van der Waals surface area contributed by atoms with Gasteiger partial charge < -0.3 is 9.67 Å². The summed E-state index contributed by atoms with van der Waals surface area (Å²) in [5.41, 5.74) is 0. The number of aromatic nitrogens is 2. The van der Waals surface area contributed by atoms with Gasteiger partial charge in [0.2, 0.25) is 5.88 Å². The maximum absolute atomic E-state index is 9.10. The molecule has 0 amide bonds. The molecule has 1 heterocycles. The van der Waals surface area contributed by atoms with E-state index in [-0.39, 0.29) is 5.88 Å². The van der Waals surface area contributed by atoms with Crippen LogP contribution < -0.4 is 0 Å². The summed E-state index contributed by atoms with van der Waals surface area (Å²) in [4.78, 5) is 3.83. The smallest absolute Gasteiger partial charge is 0.229 e. The molecule has 0 aromatic carbocycles. The van der Waals surface area contributed by atoms with Crippen molar-refractivity contribution in [2.75, 3.05) is 0 Å². The molecule has 0 aliphatic heterocycles. The summed E-state index contributed by atoms with van der Waals surface area (Å²) in [6.07, 6.45) is 8.48. The SMILES string of the molecule is C[C@H]1CC[C@H](n2cnc(O)c2)CC1. The van der Waals surface area contributed by atoms with Crippen LogP contribution in [0.3, 0.4) is 0 Å². The maximum Gasteiger partial charge on any atom is 0.229 e. The molecule has 13 heavy (non-hydrogen) atoms. The van der Waals surface area contributed by atoms with E-state index >= 15 is 0 Å². The van der Waals surface area contributed by atoms with Crippen LogP contribution in [-0.4, -0.2) is 14.7 Å². The van der Waals surface area contributed by atoms with Crippen molar-refractivity contribution in [3.05, 3.63) is 12.5 Å². The highest BCUT2D eigenvalue weighted by atomic mass is 16.3. The van der Waals surface area contributed by atoms with Crippen molar-refractivity contribution in [3.8, 4) is 5.88 Å². The van der Waals surface area contributed by atoms with Gasteiger partial charge >= 0.3 is 0 Å². The molecule has 1 fully saturated rings. The molecule has 1 saturated carbocycles. The molecular weight excluding hydrogens is 164 g/mol. The fourth-order valence-electron chi connectivity index (χ4n) is 2.07. The van der Waals surface area contributed by atoms with Crippen molar-refractivity contribution in [2.45, 2.75) is 38.6 Å². The number of imidazole rings is 1. The minimum Gasteiger partial charge on any atom is -0.492 e. The molecule has 1 aromatic rings. The van der Waals surface area contributed by atoms with Crippen molar-refractivity contribution in [3.63, 3.8) is 0 Å². The highest BCUT2D eigenvalue weighted by Crippen LogP contribution is 2.31. The third kappa shape index (κ3) is 1.85. The lowest BCUT2D eigenvalue weighted by Gasteiger charge is -2.26. The molecule has 3 heteroatoms. The first-order valence-electron chi connectivity index (χ1n) is 4.98. The summed E-state index contributed by atoms with van der Waals surface area (Å²) in [5.74, 6) is 1.01. The van der Waals surface area contributed by atoms with Gasteiger partial charge in [0.25, 0.3) is 0 Å². The largest absolute Gasteiger partial charge is 0.492 e. The van der Waals surface area contributed by atoms with Gasteiger partial charge in [-0.3, -0.25) is 0 Å². The van der Waals surface area contributed by atoms with Crippen molar-refractivity contribution >= 4 is 0 Å². The molecule has 0 unspecified atom stereocenters. The van der Waals surface area contributed by atoms with Crippen LogP contribution >= 0.6 is 0 Å². The highest BCUT2D eigenvalue weighted by Gasteiger charge is 2.19. The van der Waals surface area contributed by atoms with Crippen LogP contribution in [0.15, 0.2) is 12.5 Å². The molecule has 1 aliphatic carbocycles. The van der Waals surface area contributed by atoms with E-state index in [9.17, 15) is 0 Å². The Morgan fingerprint density at radius 2 is 2.08 bits per heavy atom. The van der Waals surface area contributed by atoms with Crippen LogP contribution in [0.1, 0.15) is 38.6 Å². The molecule has 1 N–H and O–H groups in total. The molecule has 1 aliphatic rings. The Morgan fingerprint density at radius 3 is 2.62 bits per heavy atom. The average Bonchev–Trinajstić information content (AvgIpc) is 2.53. The molecule has 0 spiro atoms. The first-order valence-corrected chi connectivity index (χ1v) is 4.98. The van der Waals surface area contributed by atoms with Crippen LogP contribution in [-0.2, 0) is 0 Å². The van der Waals surface area contributed by atoms with E-state index in [2.05, 4.69) is 11.9 Å². The minimum absolute atomic E-state index is 0.138. The van der Waals surface area contributed by atoms with E-state index in [1.807, 2.05) is 4.57 Å². The second-order valence-corrected chi connectivity index (χ2v) is 4.09. The van der Waals surface area contributed by atoms with Crippen molar-refractivity contribution in [1.29, 1.82) is 0 Å². The van der Waals surface area contributed by atoms with Crippen LogP contribution in [0.4, 0.5) is 0 Å². The quantitative estimate of drug-likeness (QED) is 0.720. The number of hydrogen-bond acceptors (Lipinski definition) is 2. The molecule has 0 bridgehead atoms. The predicted octanol–water partition coefficient (Wildman–Crippen LogP) is 2.34. The van der Waals surface area contributed by atoms with Gasteiger partial charge in [-0.1, -0.05) is 6.92 Å². The van der Waals surface area contributed by atoms with E-state index in [4.69, 9.17) is 5.11 Å². The first-order chi connectivity index (χ1) is 6.25. The summed E-state index contributed by atoms with van der Waals surface area (Å²) in [6, 6.07) is 0.560. The standard InChI is InChI=1S/C10H16N2O/c1-8-2-4-9(5-3-8)12-6-10(13)11-7-12/h6-9,13H,2-5H2,1H3/t8-,9-. The normalized spacial score (nSPS) is 29.0. The molecule has 2 rings (SSSR count). The zero-order chi connectivity index (χ0) is 9.26. The molecule has 1 aromatic heterocycles. The van der Waals surface area contributed by atoms with E-state index in [1.165, 1.54) is 25.7 Å². The van der Waals surface area contributed by atoms with Gasteiger partial charge in [0.15, 0.2) is 0 Å². The fraction of sp³-hybridized carbons (Fsp3) is 0.700. The van der Waals surface area contributed by atoms with Crippen LogP contribution in [0.2, 0.25) is 0 Å². The summed E-state index contributed by atoms with van der Waals surface area (Å²) in [7, 11) is 0. The van der Waals surface area contributed by atoms with Crippen LogP contribution in [0.5, 0.6) is 5.88 Å². The van der Waals surface area contributed by atoms with E-state index in [0.717, 1.165) is 5.92 Å². The van der Waals surface area contributed by atoms with Crippen molar-refractivity contribution < 1.29 is 5.11 Å². The van der Waals surface area contributed by atoms with Gasteiger partial charge in [-0.2, -0.15) is 0 Å². The minimum atomic E-state index is 0.138. The molecular formula is C10H16N2O. The Kier molecular flexibility index (Phi) is 2.25. The Balaban J connectivity index is 2.02. The number of nitrogens with zero attached hydrogens (tertiary/aromatic N) is 2. The van der Waals surface area contributed by atoms with Gasteiger partial charge in [-0.25, -0.2) is 4.98 Å². The molecule has 0 atom stereocenters. The molecule has 3 nitrogen and oxygen atoms in total. The summed E-state index contributed by atoms with van der Waals surface area (Å²) >= 11 is 0. The third-order valence-electron chi connectivity index (χ3n) is 2.99. The Morgan fingerprint density at radius 1 is 1.38 bits per heavy atom. The van der Waals surface area contributed by atoms with Gasteiger partial charge in [0.1, 0.15) is 0 Å². The second-order valence-electron chi connectivity index (χ2n) is 4.09. The zero-order valence-corrected chi connectivity index (χ0v) is 7.98. The summed E-state index contributed by atoms with van der Waals surface area (Å²) < 4.78 is 2.04. The topological polar surface area (TPSA) is 38.0 Å². The fourth-order valence-corrected chi connectivity index (χ4v) is 2.07. The summed E-state index contributed by atoms with van der Waals surface area (Å²) in [6.45, 7) is 2.31. The van der Waals surface area contributed by atoms with Crippen LogP contribution in [0.25, 0.3) is 0 Å². The number of aromatic hydroxyl groups is 1. The Bertz CT molecular complexity index is 274. The van der Waals surface area contributed by atoms with E-state index in [1.54, 1.807) is 12.5 Å². The predicted molar refractivity (Wildman–Crippen MR) is 50.6 cm³/mol. The van der Waals surface area contributed by atoms with E-state index in [0.29, 0.717) is 6.04 Å².